The molecule has 0 N–H and O–H groups in total. The lowest BCUT2D eigenvalue weighted by molar-refractivity contribution is -0.374. The maximum absolute atomic E-state index is 12.6. The molecule has 10 atom stereocenters. The minimum absolute atomic E-state index is 0.310. The number of carbonyl (C=O) groups excluding carboxylic acids is 6. The predicted octanol–water partition coefficient (Wildman–Crippen LogP) is 0.522. The number of fused-ring (bicyclic) bond motifs is 4. The maximum Gasteiger partial charge on any atom is 0.303 e. The first-order valence-corrected chi connectivity index (χ1v) is 15.0. The second kappa shape index (κ2) is 15.7. The Labute approximate surface area is 275 Å². The van der Waals surface area contributed by atoms with Crippen molar-refractivity contribution in [1.82, 2.24) is 0 Å². The highest BCUT2D eigenvalue weighted by Crippen LogP contribution is 2.41. The van der Waals surface area contributed by atoms with Crippen LogP contribution in [0.5, 0.6) is 5.75 Å². The standard InChI is InChI=1S/C31H38O17/c1-15(32)38-13-23-31(48-20(6)37)14-40-29(27(43-18(4)35)28(31)44-19(5)36)47-24-22(12-39-23)46-30(45-21-10-8-7-9-11-21)26(42-17(3)34)25(24)41-16(2)33/h7-11,22-30H,12-14H2,1-6H3. The third-order valence-electron chi connectivity index (χ3n) is 7.38. The van der Waals surface area contributed by atoms with E-state index in [2.05, 4.69) is 0 Å². The van der Waals surface area contributed by atoms with Gasteiger partial charge in [0, 0.05) is 41.5 Å². The number of ether oxygens (including phenoxy) is 11. The van der Waals surface area contributed by atoms with E-state index in [0.29, 0.717) is 5.75 Å². The Hall–Kier alpha value is -4.32. The molecule has 10 unspecified atom stereocenters. The first-order chi connectivity index (χ1) is 22.7. The van der Waals surface area contributed by atoms with Crippen LogP contribution in [0, 0.1) is 0 Å². The quantitative estimate of drug-likeness (QED) is 0.257. The van der Waals surface area contributed by atoms with E-state index in [9.17, 15) is 28.8 Å². The van der Waals surface area contributed by atoms with Crippen molar-refractivity contribution in [2.45, 2.75) is 102 Å². The monoisotopic (exact) mass is 682 g/mol. The number of hydrogen-bond donors (Lipinski definition) is 0. The number of hydrogen-bond acceptors (Lipinski definition) is 17. The molecule has 4 aliphatic rings. The van der Waals surface area contributed by atoms with Gasteiger partial charge in [0.05, 0.1) is 13.2 Å². The van der Waals surface area contributed by atoms with Crippen molar-refractivity contribution in [3.05, 3.63) is 30.3 Å². The number of carbonyl (C=O) groups is 6. The third-order valence-corrected chi connectivity index (χ3v) is 7.38. The topological polar surface area (TPSA) is 204 Å². The number of para-hydroxylation sites is 1. The van der Waals surface area contributed by atoms with Crippen LogP contribution in [0.4, 0.5) is 0 Å². The van der Waals surface area contributed by atoms with Crippen LogP contribution in [0.1, 0.15) is 41.5 Å². The predicted molar refractivity (Wildman–Crippen MR) is 153 cm³/mol. The summed E-state index contributed by atoms with van der Waals surface area (Å²) in [5, 5.41) is 0. The van der Waals surface area contributed by atoms with E-state index >= 15 is 0 Å². The summed E-state index contributed by atoms with van der Waals surface area (Å²) in [7, 11) is 0. The molecule has 4 saturated heterocycles. The molecule has 17 heteroatoms. The zero-order valence-corrected chi connectivity index (χ0v) is 27.1. The molecule has 0 amide bonds. The van der Waals surface area contributed by atoms with Crippen molar-refractivity contribution in [3.8, 4) is 5.75 Å². The van der Waals surface area contributed by atoms with Crippen LogP contribution in [0.15, 0.2) is 30.3 Å². The molecular formula is C31H38O17. The van der Waals surface area contributed by atoms with Crippen LogP contribution in [0.25, 0.3) is 0 Å². The Kier molecular flexibility index (Phi) is 12.0. The average Bonchev–Trinajstić information content (AvgIpc) is 2.98. The summed E-state index contributed by atoms with van der Waals surface area (Å²) in [5.41, 5.74) is -2.07. The van der Waals surface area contributed by atoms with Gasteiger partial charge in [-0.2, -0.15) is 0 Å². The fourth-order valence-corrected chi connectivity index (χ4v) is 5.72. The van der Waals surface area contributed by atoms with Crippen molar-refractivity contribution in [2.75, 3.05) is 19.8 Å². The van der Waals surface area contributed by atoms with E-state index in [4.69, 9.17) is 52.1 Å². The van der Waals surface area contributed by atoms with E-state index in [-0.39, 0.29) is 0 Å². The molecule has 5 rings (SSSR count). The Morgan fingerprint density at radius 1 is 0.708 bits per heavy atom. The smallest absolute Gasteiger partial charge is 0.303 e. The highest BCUT2D eigenvalue weighted by molar-refractivity contribution is 5.69. The summed E-state index contributed by atoms with van der Waals surface area (Å²) in [6.45, 7) is 5.03. The van der Waals surface area contributed by atoms with Gasteiger partial charge in [-0.15, -0.1) is 0 Å². The fraction of sp³-hybridized carbons (Fsp3) is 0.613. The molecule has 0 aromatic heterocycles. The van der Waals surface area contributed by atoms with Crippen molar-refractivity contribution >= 4 is 35.8 Å². The van der Waals surface area contributed by atoms with E-state index < -0.39 is 117 Å². The van der Waals surface area contributed by atoms with Gasteiger partial charge in [0.1, 0.15) is 30.7 Å². The Bertz CT molecular complexity index is 1350. The van der Waals surface area contributed by atoms with Gasteiger partial charge < -0.3 is 52.1 Å². The van der Waals surface area contributed by atoms with E-state index in [1.54, 1.807) is 30.3 Å². The van der Waals surface area contributed by atoms with Gasteiger partial charge in [0.15, 0.2) is 24.6 Å². The third kappa shape index (κ3) is 8.77. The van der Waals surface area contributed by atoms with Crippen molar-refractivity contribution in [1.29, 1.82) is 0 Å². The van der Waals surface area contributed by atoms with Gasteiger partial charge in [-0.25, -0.2) is 0 Å². The second-order valence-electron chi connectivity index (χ2n) is 11.2. The summed E-state index contributed by atoms with van der Waals surface area (Å²) in [6.07, 6.45) is -13.2. The molecular weight excluding hydrogens is 644 g/mol. The zero-order valence-electron chi connectivity index (χ0n) is 27.1. The van der Waals surface area contributed by atoms with Crippen LogP contribution < -0.4 is 4.74 Å². The summed E-state index contributed by atoms with van der Waals surface area (Å²) >= 11 is 0. The van der Waals surface area contributed by atoms with Crippen LogP contribution in [0.2, 0.25) is 0 Å². The summed E-state index contributed by atoms with van der Waals surface area (Å²) in [5.74, 6) is -4.59. The number of esters is 6. The van der Waals surface area contributed by atoms with Crippen LogP contribution >= 0.6 is 0 Å². The van der Waals surface area contributed by atoms with Gasteiger partial charge in [-0.3, -0.25) is 28.8 Å². The Balaban J connectivity index is 1.87. The number of rotatable bonds is 9. The molecule has 17 nitrogen and oxygen atoms in total. The fourth-order valence-electron chi connectivity index (χ4n) is 5.72. The van der Waals surface area contributed by atoms with Crippen molar-refractivity contribution < 1.29 is 80.9 Å². The lowest BCUT2D eigenvalue weighted by Gasteiger charge is -2.53. The molecule has 1 aromatic carbocycles. The highest BCUT2D eigenvalue weighted by Gasteiger charge is 2.64. The summed E-state index contributed by atoms with van der Waals surface area (Å²) in [4.78, 5) is 74.2. The largest absolute Gasteiger partial charge is 0.463 e. The SMILES string of the molecule is CC(=O)OCC1OCC2OC(Oc3ccccc3)C(OC(C)=O)C(OC(C)=O)C2OC2OCC1(OC(C)=O)C(OC(C)=O)C2OC(C)=O. The van der Waals surface area contributed by atoms with Crippen LogP contribution in [0.3, 0.4) is 0 Å². The second-order valence-corrected chi connectivity index (χ2v) is 11.2. The van der Waals surface area contributed by atoms with Gasteiger partial charge in [-0.05, 0) is 12.1 Å². The lowest BCUT2D eigenvalue weighted by Crippen LogP contribution is -2.73. The Morgan fingerprint density at radius 2 is 1.31 bits per heavy atom. The van der Waals surface area contributed by atoms with Gasteiger partial charge in [0.25, 0.3) is 0 Å². The van der Waals surface area contributed by atoms with Crippen LogP contribution in [-0.4, -0.2) is 117 Å². The molecule has 0 saturated carbocycles. The van der Waals surface area contributed by atoms with Gasteiger partial charge >= 0.3 is 35.8 Å². The molecule has 0 radical (unpaired) electrons. The molecule has 4 fully saturated rings. The molecule has 2 bridgehead atoms. The van der Waals surface area contributed by atoms with Gasteiger partial charge in [0.2, 0.25) is 18.0 Å². The molecule has 264 valence electrons. The summed E-state index contributed by atoms with van der Waals surface area (Å²) < 4.78 is 64.2. The summed E-state index contributed by atoms with van der Waals surface area (Å²) in [6, 6.07) is 8.37. The molecule has 48 heavy (non-hydrogen) atoms. The lowest BCUT2D eigenvalue weighted by atomic mass is 9.83. The van der Waals surface area contributed by atoms with E-state index in [0.717, 1.165) is 41.5 Å². The molecule has 0 spiro atoms. The maximum atomic E-state index is 12.6. The minimum Gasteiger partial charge on any atom is -0.463 e. The molecule has 1 aromatic rings. The minimum atomic E-state index is -2.07. The Morgan fingerprint density at radius 3 is 1.90 bits per heavy atom. The molecule has 4 aliphatic heterocycles. The van der Waals surface area contributed by atoms with E-state index in [1.165, 1.54) is 0 Å². The van der Waals surface area contributed by atoms with Gasteiger partial charge in [-0.1, -0.05) is 18.2 Å². The van der Waals surface area contributed by atoms with Crippen molar-refractivity contribution in [2.24, 2.45) is 0 Å². The van der Waals surface area contributed by atoms with Crippen LogP contribution in [-0.2, 0) is 76.1 Å². The molecule has 0 aliphatic carbocycles. The molecule has 4 heterocycles. The first kappa shape index (κ1) is 36.5. The van der Waals surface area contributed by atoms with E-state index in [1.807, 2.05) is 0 Å². The normalized spacial score (nSPS) is 32.8. The average molecular weight is 683 g/mol. The first-order valence-electron chi connectivity index (χ1n) is 15.0. The zero-order chi connectivity index (χ0) is 35.2. The number of benzene rings is 1. The van der Waals surface area contributed by atoms with Crippen molar-refractivity contribution in [3.63, 3.8) is 0 Å². The highest BCUT2D eigenvalue weighted by atomic mass is 16.8.